The molecule has 240 valence electrons. The van der Waals surface area contributed by atoms with E-state index < -0.39 is 30.5 Å². The van der Waals surface area contributed by atoms with Crippen LogP contribution in [0.3, 0.4) is 0 Å². The predicted octanol–water partition coefficient (Wildman–Crippen LogP) is 5.38. The second-order valence-corrected chi connectivity index (χ2v) is 18.0. The molecule has 42 heavy (non-hydrogen) atoms. The van der Waals surface area contributed by atoms with Gasteiger partial charge in [0.2, 0.25) is 0 Å². The lowest BCUT2D eigenvalue weighted by molar-refractivity contribution is -0.242. The number of hydrogen-bond donors (Lipinski definition) is 5. The van der Waals surface area contributed by atoms with Crippen molar-refractivity contribution in [1.29, 1.82) is 0 Å². The molecule has 0 aromatic heterocycles. The molecular formula is C36H60O6. The number of aliphatic hydroxyl groups is 5. The highest BCUT2D eigenvalue weighted by molar-refractivity contribution is 5.34. The first-order valence-electron chi connectivity index (χ1n) is 17.1. The molecule has 5 N–H and O–H groups in total. The molecule has 6 aliphatic rings. The van der Waals surface area contributed by atoms with E-state index in [2.05, 4.69) is 54.5 Å². The molecule has 6 heteroatoms. The standard InChI is InChI=1S/C36H60O6/c1-31(2)14-16-36(19-23-28(39)30(41)29(40)24(20-37)42-23)17-15-34(6)21(22(36)18-31)8-9-26-33(5)12-11-27(38)32(3,4)25(33)10-13-35(26,34)7/h8,22-30,37-41H,9-20H2,1-7H3/t22?,23-,24?,25?,26?,27-,28?,29+,30?,33-,34+,35+,36+/m0/s1. The van der Waals surface area contributed by atoms with Gasteiger partial charge in [-0.3, -0.25) is 0 Å². The summed E-state index contributed by atoms with van der Waals surface area (Å²) >= 11 is 0. The SMILES string of the molecule is CC1(C)CC[C@]2(C[C@@H]3OC(CO)[C@@H](O)C(O)C3O)CC[C@]3(C)C(=CCC4[C@@]5(C)CC[C@H](O)C(C)(C)C5CC[C@]43C)C2C1. The van der Waals surface area contributed by atoms with Crippen LogP contribution in [0.25, 0.3) is 0 Å². The molecule has 0 amide bonds. The zero-order valence-electron chi connectivity index (χ0n) is 27.4. The van der Waals surface area contributed by atoms with Gasteiger partial charge in [-0.15, -0.1) is 0 Å². The Hall–Kier alpha value is -0.500. The fraction of sp³-hybridized carbons (Fsp3) is 0.944. The molecule has 0 aromatic carbocycles. The Morgan fingerprint density at radius 2 is 1.43 bits per heavy atom. The lowest BCUT2D eigenvalue weighted by atomic mass is 9.33. The summed E-state index contributed by atoms with van der Waals surface area (Å²) in [5, 5.41) is 53.0. The molecule has 1 heterocycles. The third-order valence-corrected chi connectivity index (χ3v) is 15.4. The Kier molecular flexibility index (Phi) is 7.49. The van der Waals surface area contributed by atoms with Crippen LogP contribution in [0.15, 0.2) is 11.6 Å². The summed E-state index contributed by atoms with van der Waals surface area (Å²) in [6.07, 6.45) is 8.86. The average molecular weight is 589 g/mol. The van der Waals surface area contributed by atoms with Gasteiger partial charge < -0.3 is 30.3 Å². The summed E-state index contributed by atoms with van der Waals surface area (Å²) in [5.41, 5.74) is 2.29. The van der Waals surface area contributed by atoms with E-state index >= 15 is 0 Å². The van der Waals surface area contributed by atoms with Crippen molar-refractivity contribution in [2.45, 2.75) is 156 Å². The Balaban J connectivity index is 1.37. The minimum absolute atomic E-state index is 0.0320. The van der Waals surface area contributed by atoms with Crippen LogP contribution in [0, 0.1) is 50.2 Å². The average Bonchev–Trinajstić information content (AvgIpc) is 2.92. The van der Waals surface area contributed by atoms with Gasteiger partial charge in [-0.25, -0.2) is 0 Å². The predicted molar refractivity (Wildman–Crippen MR) is 163 cm³/mol. The summed E-state index contributed by atoms with van der Waals surface area (Å²) in [6, 6.07) is 0. The van der Waals surface area contributed by atoms with Crippen molar-refractivity contribution in [2.24, 2.45) is 50.2 Å². The van der Waals surface area contributed by atoms with E-state index in [-0.39, 0.29) is 45.2 Å². The minimum atomic E-state index is -1.31. The number of hydrogen-bond acceptors (Lipinski definition) is 6. The van der Waals surface area contributed by atoms with Gasteiger partial charge in [0.1, 0.15) is 24.4 Å². The monoisotopic (exact) mass is 588 g/mol. The van der Waals surface area contributed by atoms with Gasteiger partial charge in [-0.2, -0.15) is 0 Å². The smallest absolute Gasteiger partial charge is 0.111 e. The van der Waals surface area contributed by atoms with Crippen LogP contribution in [-0.2, 0) is 4.74 Å². The Morgan fingerprint density at radius 3 is 2.12 bits per heavy atom. The number of ether oxygens (including phenoxy) is 1. The number of rotatable bonds is 3. The minimum Gasteiger partial charge on any atom is -0.394 e. The molecule has 4 saturated carbocycles. The van der Waals surface area contributed by atoms with Crippen molar-refractivity contribution in [3.63, 3.8) is 0 Å². The van der Waals surface area contributed by atoms with Crippen LogP contribution in [0.1, 0.15) is 119 Å². The Morgan fingerprint density at radius 1 is 0.762 bits per heavy atom. The molecule has 6 nitrogen and oxygen atoms in total. The first-order chi connectivity index (χ1) is 19.5. The van der Waals surface area contributed by atoms with Gasteiger partial charge in [0.15, 0.2) is 0 Å². The van der Waals surface area contributed by atoms with Gasteiger partial charge in [0.25, 0.3) is 0 Å². The second kappa shape index (κ2) is 10.00. The van der Waals surface area contributed by atoms with Crippen LogP contribution in [0.5, 0.6) is 0 Å². The third-order valence-electron chi connectivity index (χ3n) is 15.4. The van der Waals surface area contributed by atoms with Crippen molar-refractivity contribution < 1.29 is 30.3 Å². The van der Waals surface area contributed by atoms with Crippen molar-refractivity contribution in [3.05, 3.63) is 11.6 Å². The van der Waals surface area contributed by atoms with Crippen molar-refractivity contribution in [3.8, 4) is 0 Å². The lowest BCUT2D eigenvalue weighted by Gasteiger charge is -2.71. The number of fused-ring (bicyclic) bond motifs is 7. The molecule has 5 fully saturated rings. The van der Waals surface area contributed by atoms with E-state index in [1.165, 1.54) is 12.8 Å². The zero-order chi connectivity index (χ0) is 30.7. The van der Waals surface area contributed by atoms with Gasteiger partial charge in [-0.1, -0.05) is 60.1 Å². The molecular weight excluding hydrogens is 528 g/mol. The highest BCUT2D eigenvalue weighted by Gasteiger charge is 2.68. The molecule has 6 unspecified atom stereocenters. The van der Waals surface area contributed by atoms with E-state index in [9.17, 15) is 25.5 Å². The number of aliphatic hydroxyl groups excluding tert-OH is 5. The third kappa shape index (κ3) is 4.24. The summed E-state index contributed by atoms with van der Waals surface area (Å²) in [7, 11) is 0. The molecule has 0 spiro atoms. The van der Waals surface area contributed by atoms with E-state index in [0.717, 1.165) is 51.4 Å². The second-order valence-electron chi connectivity index (χ2n) is 18.0. The molecule has 0 bridgehead atoms. The summed E-state index contributed by atoms with van der Waals surface area (Å²) in [6.45, 7) is 16.8. The molecule has 0 radical (unpaired) electrons. The molecule has 0 aromatic rings. The highest BCUT2D eigenvalue weighted by atomic mass is 16.5. The van der Waals surface area contributed by atoms with E-state index in [4.69, 9.17) is 4.74 Å². The fourth-order valence-electron chi connectivity index (χ4n) is 12.5. The number of allylic oxidation sites excluding steroid dienone is 2. The first-order valence-corrected chi connectivity index (χ1v) is 17.1. The van der Waals surface area contributed by atoms with Gasteiger partial charge in [-0.05, 0) is 121 Å². The van der Waals surface area contributed by atoms with Crippen LogP contribution in [-0.4, -0.2) is 68.8 Å². The zero-order valence-corrected chi connectivity index (χ0v) is 27.4. The topological polar surface area (TPSA) is 110 Å². The maximum atomic E-state index is 11.1. The molecule has 13 atom stereocenters. The largest absolute Gasteiger partial charge is 0.394 e. The van der Waals surface area contributed by atoms with Gasteiger partial charge in [0, 0.05) is 0 Å². The van der Waals surface area contributed by atoms with Crippen molar-refractivity contribution >= 4 is 0 Å². The summed E-state index contributed by atoms with van der Waals surface area (Å²) in [5.74, 6) is 1.52. The maximum absolute atomic E-state index is 11.1. The van der Waals surface area contributed by atoms with E-state index in [0.29, 0.717) is 24.2 Å². The van der Waals surface area contributed by atoms with E-state index in [1.807, 2.05) is 0 Å². The normalized spacial score (nSPS) is 55.0. The molecule has 5 aliphatic carbocycles. The van der Waals surface area contributed by atoms with Gasteiger partial charge >= 0.3 is 0 Å². The molecule has 6 rings (SSSR count). The molecule has 1 aliphatic heterocycles. The van der Waals surface area contributed by atoms with Crippen LogP contribution >= 0.6 is 0 Å². The summed E-state index contributed by atoms with van der Waals surface area (Å²) in [4.78, 5) is 0. The Labute approximate surface area is 254 Å². The quantitative estimate of drug-likeness (QED) is 0.283. The maximum Gasteiger partial charge on any atom is 0.111 e. The van der Waals surface area contributed by atoms with Gasteiger partial charge in [0.05, 0.1) is 18.8 Å². The van der Waals surface area contributed by atoms with E-state index in [1.54, 1.807) is 5.57 Å². The van der Waals surface area contributed by atoms with Crippen molar-refractivity contribution in [1.82, 2.24) is 0 Å². The first kappa shape index (κ1) is 31.5. The van der Waals surface area contributed by atoms with Crippen LogP contribution in [0.2, 0.25) is 0 Å². The van der Waals surface area contributed by atoms with Crippen LogP contribution < -0.4 is 0 Å². The Bertz CT molecular complexity index is 1080. The van der Waals surface area contributed by atoms with Crippen molar-refractivity contribution in [2.75, 3.05) is 6.61 Å². The van der Waals surface area contributed by atoms with Crippen LogP contribution in [0.4, 0.5) is 0 Å². The lowest BCUT2D eigenvalue weighted by Crippen LogP contribution is -2.65. The fourth-order valence-corrected chi connectivity index (χ4v) is 12.5. The summed E-state index contributed by atoms with van der Waals surface area (Å²) < 4.78 is 6.15. The molecule has 1 saturated heterocycles. The highest BCUT2D eigenvalue weighted by Crippen LogP contribution is 2.76.